The lowest BCUT2D eigenvalue weighted by atomic mass is 9.98. The van der Waals surface area contributed by atoms with Crippen molar-refractivity contribution < 1.29 is 14.7 Å². The van der Waals surface area contributed by atoms with E-state index in [-0.39, 0.29) is 42.7 Å². The van der Waals surface area contributed by atoms with Crippen LogP contribution < -0.4 is 10.2 Å². The molecule has 1 aromatic carbocycles. The molecule has 1 aromatic rings. The van der Waals surface area contributed by atoms with Gasteiger partial charge in [0.15, 0.2) is 0 Å². The molecule has 1 fully saturated rings. The molecule has 2 amide bonds. The molecule has 1 heterocycles. The highest BCUT2D eigenvalue weighted by molar-refractivity contribution is 6.00. The highest BCUT2D eigenvalue weighted by Gasteiger charge is 2.36. The van der Waals surface area contributed by atoms with Gasteiger partial charge >= 0.3 is 0 Å². The molecule has 0 bridgehead atoms. The van der Waals surface area contributed by atoms with Crippen LogP contribution in [0.5, 0.6) is 0 Å². The Hall–Kier alpha value is -1.88. The standard InChI is InChI=1S/C17H24N2O3/c1-3-12(2)15(11-20)18-17(22)13-9-16(21)19(10-13)14-7-5-4-6-8-14/h4-8,12-13,15,20H,3,9-11H2,1-2H3,(H,18,22)/t12-,13-,15+/m0/s1. The molecule has 0 spiro atoms. The molecule has 0 aliphatic carbocycles. The normalized spacial score (nSPS) is 20.8. The number of anilines is 1. The fourth-order valence-corrected chi connectivity index (χ4v) is 2.69. The number of hydrogen-bond acceptors (Lipinski definition) is 3. The summed E-state index contributed by atoms with van der Waals surface area (Å²) in [6.45, 7) is 4.34. The summed E-state index contributed by atoms with van der Waals surface area (Å²) in [4.78, 5) is 26.1. The zero-order chi connectivity index (χ0) is 16.1. The van der Waals surface area contributed by atoms with Gasteiger partial charge in [0.25, 0.3) is 0 Å². The van der Waals surface area contributed by atoms with Crippen molar-refractivity contribution in [3.8, 4) is 0 Å². The van der Waals surface area contributed by atoms with Crippen molar-refractivity contribution in [2.24, 2.45) is 11.8 Å². The van der Waals surface area contributed by atoms with Gasteiger partial charge in [0.2, 0.25) is 11.8 Å². The number of aliphatic hydroxyl groups is 1. The van der Waals surface area contributed by atoms with Gasteiger partial charge in [-0.25, -0.2) is 0 Å². The number of nitrogens with one attached hydrogen (secondary N) is 1. The molecule has 3 atom stereocenters. The summed E-state index contributed by atoms with van der Waals surface area (Å²) in [5.41, 5.74) is 0.823. The van der Waals surface area contributed by atoms with Crippen molar-refractivity contribution in [2.45, 2.75) is 32.7 Å². The third kappa shape index (κ3) is 3.65. The summed E-state index contributed by atoms with van der Waals surface area (Å²) in [5.74, 6) is -0.330. The predicted octanol–water partition coefficient (Wildman–Crippen LogP) is 1.56. The van der Waals surface area contributed by atoms with Gasteiger partial charge in [0, 0.05) is 18.7 Å². The van der Waals surface area contributed by atoms with Crippen LogP contribution in [0.3, 0.4) is 0 Å². The molecule has 0 unspecified atom stereocenters. The number of benzene rings is 1. The van der Waals surface area contributed by atoms with Gasteiger partial charge in [-0.3, -0.25) is 9.59 Å². The van der Waals surface area contributed by atoms with Gasteiger partial charge in [-0.05, 0) is 18.1 Å². The molecule has 2 N–H and O–H groups in total. The quantitative estimate of drug-likeness (QED) is 0.838. The average Bonchev–Trinajstić information content (AvgIpc) is 2.94. The van der Waals surface area contributed by atoms with Gasteiger partial charge in [0.1, 0.15) is 0 Å². The Kier molecular flexibility index (Phi) is 5.55. The minimum absolute atomic E-state index is 0.0320. The van der Waals surface area contributed by atoms with Gasteiger partial charge < -0.3 is 15.3 Å². The number of hydrogen-bond donors (Lipinski definition) is 2. The van der Waals surface area contributed by atoms with Crippen molar-refractivity contribution in [1.29, 1.82) is 0 Å². The summed E-state index contributed by atoms with van der Waals surface area (Å²) in [6, 6.07) is 9.13. The summed E-state index contributed by atoms with van der Waals surface area (Å²) >= 11 is 0. The van der Waals surface area contributed by atoms with E-state index in [2.05, 4.69) is 5.32 Å². The fraction of sp³-hybridized carbons (Fsp3) is 0.529. The van der Waals surface area contributed by atoms with E-state index in [0.717, 1.165) is 12.1 Å². The van der Waals surface area contributed by atoms with Gasteiger partial charge in [-0.15, -0.1) is 0 Å². The van der Waals surface area contributed by atoms with Crippen molar-refractivity contribution in [3.63, 3.8) is 0 Å². The molecule has 0 saturated carbocycles. The lowest BCUT2D eigenvalue weighted by Gasteiger charge is -2.24. The average molecular weight is 304 g/mol. The summed E-state index contributed by atoms with van der Waals surface area (Å²) in [7, 11) is 0. The minimum Gasteiger partial charge on any atom is -0.394 e. The van der Waals surface area contributed by atoms with Gasteiger partial charge in [-0.1, -0.05) is 38.5 Å². The van der Waals surface area contributed by atoms with Gasteiger partial charge in [-0.2, -0.15) is 0 Å². The number of carbonyl (C=O) groups excluding carboxylic acids is 2. The molecule has 0 aromatic heterocycles. The molecule has 120 valence electrons. The maximum atomic E-state index is 12.4. The summed E-state index contributed by atoms with van der Waals surface area (Å²) < 4.78 is 0. The van der Waals surface area contributed by atoms with Crippen molar-refractivity contribution in [1.82, 2.24) is 5.32 Å². The Morgan fingerprint density at radius 2 is 2.09 bits per heavy atom. The Balaban J connectivity index is 1.99. The third-order valence-electron chi connectivity index (χ3n) is 4.42. The zero-order valence-electron chi connectivity index (χ0n) is 13.2. The number of amides is 2. The van der Waals surface area contributed by atoms with E-state index in [1.807, 2.05) is 44.2 Å². The number of nitrogens with zero attached hydrogens (tertiary/aromatic N) is 1. The summed E-state index contributed by atoms with van der Waals surface area (Å²) in [5, 5.41) is 12.3. The monoisotopic (exact) mass is 304 g/mol. The first-order chi connectivity index (χ1) is 10.6. The first-order valence-electron chi connectivity index (χ1n) is 7.83. The highest BCUT2D eigenvalue weighted by Crippen LogP contribution is 2.25. The molecule has 1 aliphatic heterocycles. The van der Waals surface area contributed by atoms with E-state index >= 15 is 0 Å². The van der Waals surface area contributed by atoms with E-state index in [4.69, 9.17) is 0 Å². The van der Waals surface area contributed by atoms with Crippen LogP contribution in [0.2, 0.25) is 0 Å². The molecule has 1 aliphatic rings. The first kappa shape index (κ1) is 16.5. The maximum absolute atomic E-state index is 12.4. The fourth-order valence-electron chi connectivity index (χ4n) is 2.69. The number of carbonyl (C=O) groups is 2. The van der Waals surface area contributed by atoms with Crippen LogP contribution in [0.15, 0.2) is 30.3 Å². The largest absolute Gasteiger partial charge is 0.394 e. The highest BCUT2D eigenvalue weighted by atomic mass is 16.3. The third-order valence-corrected chi connectivity index (χ3v) is 4.42. The smallest absolute Gasteiger partial charge is 0.227 e. The number of rotatable bonds is 6. The van der Waals surface area contributed by atoms with Crippen LogP contribution >= 0.6 is 0 Å². The van der Waals surface area contributed by atoms with Crippen molar-refractivity contribution in [2.75, 3.05) is 18.1 Å². The number of para-hydroxylation sites is 1. The Morgan fingerprint density at radius 3 is 2.68 bits per heavy atom. The topological polar surface area (TPSA) is 69.6 Å². The lowest BCUT2D eigenvalue weighted by Crippen LogP contribution is -2.45. The van der Waals surface area contributed by atoms with Crippen LogP contribution in [0.4, 0.5) is 5.69 Å². The molecule has 22 heavy (non-hydrogen) atoms. The molecule has 1 saturated heterocycles. The van der Waals surface area contributed by atoms with Crippen LogP contribution in [0.1, 0.15) is 26.7 Å². The molecule has 0 radical (unpaired) electrons. The summed E-state index contributed by atoms with van der Waals surface area (Å²) in [6.07, 6.45) is 1.10. The predicted molar refractivity (Wildman–Crippen MR) is 85.4 cm³/mol. The molecular weight excluding hydrogens is 280 g/mol. The van der Waals surface area contributed by atoms with Gasteiger partial charge in [0.05, 0.1) is 18.6 Å². The molecule has 2 rings (SSSR count). The number of aliphatic hydroxyl groups excluding tert-OH is 1. The second-order valence-electron chi connectivity index (χ2n) is 5.92. The van der Waals surface area contributed by atoms with Crippen LogP contribution in [0, 0.1) is 11.8 Å². The van der Waals surface area contributed by atoms with Crippen molar-refractivity contribution in [3.05, 3.63) is 30.3 Å². The minimum atomic E-state index is -0.356. The first-order valence-corrected chi connectivity index (χ1v) is 7.83. The second kappa shape index (κ2) is 7.40. The van der Waals surface area contributed by atoms with E-state index in [1.54, 1.807) is 4.90 Å². The van der Waals surface area contributed by atoms with Crippen molar-refractivity contribution >= 4 is 17.5 Å². The molecule has 5 heteroatoms. The lowest BCUT2D eigenvalue weighted by molar-refractivity contribution is -0.127. The van der Waals surface area contributed by atoms with Crippen LogP contribution in [0.25, 0.3) is 0 Å². The van der Waals surface area contributed by atoms with Crippen LogP contribution in [-0.4, -0.2) is 36.1 Å². The van der Waals surface area contributed by atoms with E-state index in [0.29, 0.717) is 6.54 Å². The maximum Gasteiger partial charge on any atom is 0.227 e. The Labute approximate surface area is 131 Å². The Bertz CT molecular complexity index is 518. The zero-order valence-corrected chi connectivity index (χ0v) is 13.2. The van der Waals surface area contributed by atoms with E-state index < -0.39 is 0 Å². The van der Waals surface area contributed by atoms with Crippen LogP contribution in [-0.2, 0) is 9.59 Å². The van der Waals surface area contributed by atoms with E-state index in [9.17, 15) is 14.7 Å². The second-order valence-corrected chi connectivity index (χ2v) is 5.92. The molecule has 5 nitrogen and oxygen atoms in total. The SMILES string of the molecule is CC[C@H](C)[C@@H](CO)NC(=O)[C@H]1CC(=O)N(c2ccccc2)C1. The van der Waals surface area contributed by atoms with E-state index in [1.165, 1.54) is 0 Å². The Morgan fingerprint density at radius 1 is 1.41 bits per heavy atom. The molecular formula is C17H24N2O3.